The zero-order valence-corrected chi connectivity index (χ0v) is 9.32. The van der Waals surface area contributed by atoms with Crippen molar-refractivity contribution in [2.75, 3.05) is 0 Å². The van der Waals surface area contributed by atoms with Gasteiger partial charge in [0.25, 0.3) is 0 Å². The lowest BCUT2D eigenvalue weighted by atomic mass is 10.0. The van der Waals surface area contributed by atoms with Gasteiger partial charge in [-0.1, -0.05) is 12.1 Å². The van der Waals surface area contributed by atoms with Gasteiger partial charge in [-0.3, -0.25) is 0 Å². The molecule has 18 heavy (non-hydrogen) atoms. The summed E-state index contributed by atoms with van der Waals surface area (Å²) in [6.45, 7) is 0. The van der Waals surface area contributed by atoms with E-state index in [0.717, 1.165) is 12.1 Å². The number of alkyl halides is 3. The molecule has 0 saturated carbocycles. The molecule has 0 amide bonds. The van der Waals surface area contributed by atoms with Gasteiger partial charge in [0.05, 0.1) is 17.9 Å². The van der Waals surface area contributed by atoms with Crippen LogP contribution in [0.25, 0.3) is 0 Å². The quantitative estimate of drug-likeness (QED) is 0.910. The maximum Gasteiger partial charge on any atom is 0.416 e. The fourth-order valence-electron chi connectivity index (χ4n) is 1.63. The van der Waals surface area contributed by atoms with E-state index in [1.54, 1.807) is 12.1 Å². The van der Waals surface area contributed by atoms with Crippen LogP contribution in [0.4, 0.5) is 13.2 Å². The van der Waals surface area contributed by atoms with E-state index in [0.29, 0.717) is 11.3 Å². The molecule has 1 unspecified atom stereocenters. The van der Waals surface area contributed by atoms with Crippen LogP contribution in [0.1, 0.15) is 23.0 Å². The number of furan rings is 1. The number of benzene rings is 1. The molecule has 1 aromatic heterocycles. The number of hydrogen-bond donors (Lipinski definition) is 1. The third-order valence-corrected chi connectivity index (χ3v) is 2.60. The topological polar surface area (TPSA) is 33.4 Å². The van der Waals surface area contributed by atoms with E-state index in [9.17, 15) is 18.3 Å². The lowest BCUT2D eigenvalue weighted by molar-refractivity contribution is -0.137. The van der Waals surface area contributed by atoms with Crippen molar-refractivity contribution in [3.8, 4) is 0 Å². The number of aliphatic hydroxyl groups is 1. The fraction of sp³-hybridized carbons (Fsp3) is 0.231. The second-order valence-electron chi connectivity index (χ2n) is 3.92. The monoisotopic (exact) mass is 256 g/mol. The number of rotatable bonds is 3. The van der Waals surface area contributed by atoms with Crippen molar-refractivity contribution >= 4 is 0 Å². The first-order valence-corrected chi connectivity index (χ1v) is 5.34. The van der Waals surface area contributed by atoms with Crippen molar-refractivity contribution in [2.24, 2.45) is 0 Å². The molecule has 1 aromatic carbocycles. The Balaban J connectivity index is 2.10. The minimum atomic E-state index is -4.36. The van der Waals surface area contributed by atoms with Gasteiger partial charge in [-0.05, 0) is 29.8 Å². The first-order valence-electron chi connectivity index (χ1n) is 5.34. The highest BCUT2D eigenvalue weighted by atomic mass is 19.4. The molecule has 2 aromatic rings. The molecule has 96 valence electrons. The van der Waals surface area contributed by atoms with Gasteiger partial charge >= 0.3 is 6.18 Å². The Labute approximate surface area is 102 Å². The largest absolute Gasteiger partial charge is 0.469 e. The number of aliphatic hydroxyl groups excluding tert-OH is 1. The summed E-state index contributed by atoms with van der Waals surface area (Å²) in [7, 11) is 0. The molecule has 1 heterocycles. The first kappa shape index (κ1) is 12.7. The molecular formula is C13H11F3O2. The molecule has 2 nitrogen and oxygen atoms in total. The molecular weight excluding hydrogens is 245 g/mol. The van der Waals surface area contributed by atoms with Crippen molar-refractivity contribution in [1.82, 2.24) is 0 Å². The van der Waals surface area contributed by atoms with Gasteiger partial charge in [0.2, 0.25) is 0 Å². The first-order chi connectivity index (χ1) is 8.47. The fourth-order valence-corrected chi connectivity index (χ4v) is 1.63. The van der Waals surface area contributed by atoms with E-state index >= 15 is 0 Å². The summed E-state index contributed by atoms with van der Waals surface area (Å²) >= 11 is 0. The van der Waals surface area contributed by atoms with E-state index in [-0.39, 0.29) is 6.42 Å². The molecule has 0 fully saturated rings. The van der Waals surface area contributed by atoms with E-state index in [1.807, 2.05) is 0 Å². The highest BCUT2D eigenvalue weighted by Crippen LogP contribution is 2.30. The smallest absolute Gasteiger partial charge is 0.416 e. The van der Waals surface area contributed by atoms with Gasteiger partial charge in [0.15, 0.2) is 0 Å². The van der Waals surface area contributed by atoms with Crippen LogP contribution in [0, 0.1) is 0 Å². The predicted molar refractivity (Wildman–Crippen MR) is 58.8 cm³/mol. The summed E-state index contributed by atoms with van der Waals surface area (Å²) in [5.41, 5.74) is -0.296. The SMILES string of the molecule is OC(Cc1ccco1)c1ccc(C(F)(F)F)cc1. The van der Waals surface area contributed by atoms with Crippen molar-refractivity contribution in [1.29, 1.82) is 0 Å². The van der Waals surface area contributed by atoms with E-state index < -0.39 is 17.8 Å². The predicted octanol–water partition coefficient (Wildman–Crippen LogP) is 3.57. The van der Waals surface area contributed by atoms with Crippen molar-refractivity contribution in [2.45, 2.75) is 18.7 Å². The van der Waals surface area contributed by atoms with E-state index in [2.05, 4.69) is 0 Å². The Hall–Kier alpha value is -1.75. The van der Waals surface area contributed by atoms with Gasteiger partial charge < -0.3 is 9.52 Å². The summed E-state index contributed by atoms with van der Waals surface area (Å²) in [6, 6.07) is 7.86. The molecule has 0 saturated heterocycles. The Bertz CT molecular complexity index is 486. The minimum Gasteiger partial charge on any atom is -0.469 e. The number of halogens is 3. The van der Waals surface area contributed by atoms with Crippen LogP contribution in [0.15, 0.2) is 47.1 Å². The normalized spacial score (nSPS) is 13.6. The highest BCUT2D eigenvalue weighted by Gasteiger charge is 2.30. The van der Waals surface area contributed by atoms with Crippen LogP contribution >= 0.6 is 0 Å². The van der Waals surface area contributed by atoms with E-state index in [1.165, 1.54) is 18.4 Å². The highest BCUT2D eigenvalue weighted by molar-refractivity contribution is 5.26. The summed E-state index contributed by atoms with van der Waals surface area (Å²) < 4.78 is 42.1. The van der Waals surface area contributed by atoms with Gasteiger partial charge in [0, 0.05) is 6.42 Å². The van der Waals surface area contributed by atoms with Crippen LogP contribution < -0.4 is 0 Å². The van der Waals surface area contributed by atoms with E-state index in [4.69, 9.17) is 4.42 Å². The molecule has 0 aliphatic heterocycles. The van der Waals surface area contributed by atoms with Crippen LogP contribution in [-0.2, 0) is 12.6 Å². The van der Waals surface area contributed by atoms with Crippen molar-refractivity contribution in [3.05, 3.63) is 59.5 Å². The summed E-state index contributed by atoms with van der Waals surface area (Å²) in [5, 5.41) is 9.84. The Morgan fingerprint density at radius 3 is 2.28 bits per heavy atom. The molecule has 0 bridgehead atoms. The minimum absolute atomic E-state index is 0.234. The third kappa shape index (κ3) is 2.92. The zero-order chi connectivity index (χ0) is 13.2. The number of hydrogen-bond acceptors (Lipinski definition) is 2. The second kappa shape index (κ2) is 4.86. The lowest BCUT2D eigenvalue weighted by Crippen LogP contribution is -2.06. The zero-order valence-electron chi connectivity index (χ0n) is 9.32. The third-order valence-electron chi connectivity index (χ3n) is 2.60. The maximum absolute atomic E-state index is 12.3. The average Bonchev–Trinajstić information content (AvgIpc) is 2.81. The maximum atomic E-state index is 12.3. The standard InChI is InChI=1S/C13H11F3O2/c14-13(15,16)10-5-3-9(4-6-10)12(17)8-11-2-1-7-18-11/h1-7,12,17H,8H2. The summed E-state index contributed by atoms with van der Waals surface area (Å²) in [4.78, 5) is 0. The molecule has 0 spiro atoms. The van der Waals surface area contributed by atoms with Gasteiger partial charge in [-0.25, -0.2) is 0 Å². The Morgan fingerprint density at radius 1 is 1.11 bits per heavy atom. The van der Waals surface area contributed by atoms with Crippen LogP contribution in [0.5, 0.6) is 0 Å². The lowest BCUT2D eigenvalue weighted by Gasteiger charge is -2.11. The second-order valence-corrected chi connectivity index (χ2v) is 3.92. The van der Waals surface area contributed by atoms with Crippen molar-refractivity contribution < 1.29 is 22.7 Å². The summed E-state index contributed by atoms with van der Waals surface area (Å²) in [5.74, 6) is 0.586. The van der Waals surface area contributed by atoms with Gasteiger partial charge in [-0.15, -0.1) is 0 Å². The average molecular weight is 256 g/mol. The molecule has 2 rings (SSSR count). The van der Waals surface area contributed by atoms with Gasteiger partial charge in [-0.2, -0.15) is 13.2 Å². The Morgan fingerprint density at radius 2 is 1.78 bits per heavy atom. The molecule has 1 atom stereocenters. The molecule has 0 aliphatic rings. The van der Waals surface area contributed by atoms with Crippen molar-refractivity contribution in [3.63, 3.8) is 0 Å². The van der Waals surface area contributed by atoms with Crippen LogP contribution in [0.3, 0.4) is 0 Å². The summed E-state index contributed by atoms with van der Waals surface area (Å²) in [6.07, 6.45) is -3.52. The van der Waals surface area contributed by atoms with Crippen LogP contribution in [0.2, 0.25) is 0 Å². The van der Waals surface area contributed by atoms with Crippen LogP contribution in [-0.4, -0.2) is 5.11 Å². The van der Waals surface area contributed by atoms with Gasteiger partial charge in [0.1, 0.15) is 5.76 Å². The Kier molecular flexibility index (Phi) is 3.43. The molecule has 5 heteroatoms. The molecule has 0 aliphatic carbocycles. The molecule has 1 N–H and O–H groups in total. The molecule has 0 radical (unpaired) electrons.